The molecule has 0 saturated heterocycles. The first-order valence-electron chi connectivity index (χ1n) is 7.34. The Kier molecular flexibility index (Phi) is 3.24. The molecule has 0 saturated carbocycles. The molecular weight excluding hydrogens is 290 g/mol. The lowest BCUT2D eigenvalue weighted by molar-refractivity contribution is 0.281. The van der Waals surface area contributed by atoms with Crippen LogP contribution in [-0.4, -0.2) is 17.2 Å². The van der Waals surface area contributed by atoms with Crippen LogP contribution >= 0.6 is 0 Å². The van der Waals surface area contributed by atoms with Crippen LogP contribution in [0.5, 0.6) is 5.75 Å². The number of methoxy groups -OCH3 is 1. The number of rotatable bonds is 3. The van der Waals surface area contributed by atoms with Gasteiger partial charge in [-0.15, -0.1) is 0 Å². The van der Waals surface area contributed by atoms with Crippen LogP contribution in [-0.2, 0) is 6.61 Å². The Bertz CT molecular complexity index is 971. The number of furan rings is 1. The molecule has 0 aliphatic heterocycles. The number of benzene rings is 2. The topological polar surface area (TPSA) is 55.5 Å². The van der Waals surface area contributed by atoms with Gasteiger partial charge in [-0.1, -0.05) is 18.2 Å². The van der Waals surface area contributed by atoms with Crippen molar-refractivity contribution in [1.82, 2.24) is 4.98 Å². The first-order valence-corrected chi connectivity index (χ1v) is 7.34. The number of aliphatic hydroxyl groups is 1. The van der Waals surface area contributed by atoms with Gasteiger partial charge < -0.3 is 14.3 Å². The second-order valence-electron chi connectivity index (χ2n) is 5.39. The van der Waals surface area contributed by atoms with E-state index >= 15 is 0 Å². The maximum absolute atomic E-state index is 9.50. The highest BCUT2D eigenvalue weighted by atomic mass is 16.5. The molecule has 2 aromatic carbocycles. The van der Waals surface area contributed by atoms with E-state index < -0.39 is 0 Å². The number of pyridine rings is 1. The number of nitrogens with zero attached hydrogens (tertiary/aromatic N) is 1. The van der Waals surface area contributed by atoms with Gasteiger partial charge in [0.1, 0.15) is 17.1 Å². The van der Waals surface area contributed by atoms with Gasteiger partial charge in [0, 0.05) is 28.7 Å². The Labute approximate surface area is 133 Å². The van der Waals surface area contributed by atoms with Crippen LogP contribution in [0.2, 0.25) is 0 Å². The number of fused-ring (bicyclic) bond motifs is 2. The molecule has 0 spiro atoms. The minimum atomic E-state index is -0.0474. The third kappa shape index (κ3) is 2.24. The van der Waals surface area contributed by atoms with Gasteiger partial charge in [-0.2, -0.15) is 0 Å². The Morgan fingerprint density at radius 2 is 1.96 bits per heavy atom. The molecule has 0 radical (unpaired) electrons. The number of para-hydroxylation sites is 1. The second kappa shape index (κ2) is 5.41. The zero-order chi connectivity index (χ0) is 15.8. The molecule has 4 nitrogen and oxygen atoms in total. The standard InChI is InChI=1S/C19H15NO3/c1-22-18-7-12(11-21)6-14-15(18)9-20-10-16(14)19-8-13-4-2-3-5-17(13)23-19/h2-10,21H,11H2,1H3. The molecule has 4 heteroatoms. The van der Waals surface area contributed by atoms with Crippen molar-refractivity contribution in [2.45, 2.75) is 6.61 Å². The average Bonchev–Trinajstić information content (AvgIpc) is 3.04. The highest BCUT2D eigenvalue weighted by Gasteiger charge is 2.13. The molecule has 2 aromatic heterocycles. The minimum Gasteiger partial charge on any atom is -0.496 e. The summed E-state index contributed by atoms with van der Waals surface area (Å²) in [6.07, 6.45) is 3.54. The van der Waals surface area contributed by atoms with Gasteiger partial charge in [0.25, 0.3) is 0 Å². The summed E-state index contributed by atoms with van der Waals surface area (Å²) in [7, 11) is 1.61. The van der Waals surface area contributed by atoms with Crippen LogP contribution in [0.4, 0.5) is 0 Å². The summed E-state index contributed by atoms with van der Waals surface area (Å²) in [5.41, 5.74) is 2.51. The fourth-order valence-corrected chi connectivity index (χ4v) is 2.87. The SMILES string of the molecule is COc1cc(CO)cc2c(-c3cc4ccccc4o3)cncc12. The Morgan fingerprint density at radius 3 is 2.74 bits per heavy atom. The van der Waals surface area contributed by atoms with Crippen molar-refractivity contribution >= 4 is 21.7 Å². The Balaban J connectivity index is 2.02. The quantitative estimate of drug-likeness (QED) is 0.618. The molecule has 1 N–H and O–H groups in total. The summed E-state index contributed by atoms with van der Waals surface area (Å²) in [4.78, 5) is 4.32. The molecule has 23 heavy (non-hydrogen) atoms. The van der Waals surface area contributed by atoms with Crippen molar-refractivity contribution in [3.63, 3.8) is 0 Å². The van der Waals surface area contributed by atoms with Crippen LogP contribution in [0.25, 0.3) is 33.1 Å². The fraction of sp³-hybridized carbons (Fsp3) is 0.105. The van der Waals surface area contributed by atoms with E-state index in [1.165, 1.54) is 0 Å². The zero-order valence-electron chi connectivity index (χ0n) is 12.6. The van der Waals surface area contributed by atoms with E-state index in [0.717, 1.165) is 38.6 Å². The molecule has 0 amide bonds. The van der Waals surface area contributed by atoms with Gasteiger partial charge >= 0.3 is 0 Å². The first kappa shape index (κ1) is 13.8. The predicted molar refractivity (Wildman–Crippen MR) is 89.4 cm³/mol. The van der Waals surface area contributed by atoms with Crippen LogP contribution in [0, 0.1) is 0 Å². The van der Waals surface area contributed by atoms with Gasteiger partial charge in [0.2, 0.25) is 0 Å². The highest BCUT2D eigenvalue weighted by molar-refractivity contribution is 6.00. The predicted octanol–water partition coefficient (Wildman–Crippen LogP) is 4.15. The van der Waals surface area contributed by atoms with Crippen LogP contribution in [0.15, 0.2) is 59.3 Å². The largest absolute Gasteiger partial charge is 0.496 e. The number of aliphatic hydroxyl groups excluding tert-OH is 1. The normalized spacial score (nSPS) is 11.2. The van der Waals surface area contributed by atoms with E-state index in [2.05, 4.69) is 4.98 Å². The monoisotopic (exact) mass is 305 g/mol. The van der Waals surface area contributed by atoms with Crippen molar-refractivity contribution in [1.29, 1.82) is 0 Å². The van der Waals surface area contributed by atoms with E-state index in [1.54, 1.807) is 19.5 Å². The van der Waals surface area contributed by atoms with Crippen molar-refractivity contribution < 1.29 is 14.3 Å². The van der Waals surface area contributed by atoms with Crippen LogP contribution in [0.3, 0.4) is 0 Å². The summed E-state index contributed by atoms with van der Waals surface area (Å²) in [6.45, 7) is -0.0474. The van der Waals surface area contributed by atoms with Crippen molar-refractivity contribution in [2.24, 2.45) is 0 Å². The van der Waals surface area contributed by atoms with E-state index in [0.29, 0.717) is 5.75 Å². The number of hydrogen-bond acceptors (Lipinski definition) is 4. The smallest absolute Gasteiger partial charge is 0.137 e. The lowest BCUT2D eigenvalue weighted by atomic mass is 10.0. The summed E-state index contributed by atoms with van der Waals surface area (Å²) in [5.74, 6) is 1.44. The van der Waals surface area contributed by atoms with Gasteiger partial charge in [-0.3, -0.25) is 4.98 Å². The maximum atomic E-state index is 9.50. The highest BCUT2D eigenvalue weighted by Crippen LogP contribution is 2.36. The summed E-state index contributed by atoms with van der Waals surface area (Å²) in [6, 6.07) is 13.7. The Morgan fingerprint density at radius 1 is 1.09 bits per heavy atom. The molecule has 0 unspecified atom stereocenters. The van der Waals surface area contributed by atoms with Gasteiger partial charge in [0.15, 0.2) is 0 Å². The maximum Gasteiger partial charge on any atom is 0.137 e. The van der Waals surface area contributed by atoms with Crippen LogP contribution in [0.1, 0.15) is 5.56 Å². The molecule has 4 rings (SSSR count). The molecular formula is C19H15NO3. The first-order chi connectivity index (χ1) is 11.3. The zero-order valence-corrected chi connectivity index (χ0v) is 12.6. The summed E-state index contributed by atoms with van der Waals surface area (Å²) >= 11 is 0. The van der Waals surface area contributed by atoms with Crippen LogP contribution < -0.4 is 4.74 Å². The number of ether oxygens (including phenoxy) is 1. The molecule has 0 aliphatic carbocycles. The lowest BCUT2D eigenvalue weighted by Crippen LogP contribution is -1.92. The minimum absolute atomic E-state index is 0.0474. The number of hydrogen-bond donors (Lipinski definition) is 1. The molecule has 114 valence electrons. The third-order valence-corrected chi connectivity index (χ3v) is 3.99. The van der Waals surface area contributed by atoms with Crippen molar-refractivity contribution in [3.05, 3.63) is 60.4 Å². The molecule has 2 heterocycles. The van der Waals surface area contributed by atoms with Crippen molar-refractivity contribution in [3.8, 4) is 17.1 Å². The van der Waals surface area contributed by atoms with E-state index in [9.17, 15) is 5.11 Å². The third-order valence-electron chi connectivity index (χ3n) is 3.99. The second-order valence-corrected chi connectivity index (χ2v) is 5.39. The fourth-order valence-electron chi connectivity index (χ4n) is 2.87. The molecule has 0 aliphatic rings. The lowest BCUT2D eigenvalue weighted by Gasteiger charge is -2.10. The van der Waals surface area contributed by atoms with E-state index in [1.807, 2.05) is 42.5 Å². The summed E-state index contributed by atoms with van der Waals surface area (Å²) < 4.78 is 11.4. The Hall–Kier alpha value is -2.85. The van der Waals surface area contributed by atoms with Gasteiger partial charge in [0.05, 0.1) is 13.7 Å². The van der Waals surface area contributed by atoms with Crippen molar-refractivity contribution in [2.75, 3.05) is 7.11 Å². The molecule has 4 aromatic rings. The molecule has 0 fully saturated rings. The van der Waals surface area contributed by atoms with E-state index in [-0.39, 0.29) is 6.61 Å². The van der Waals surface area contributed by atoms with E-state index in [4.69, 9.17) is 9.15 Å². The van der Waals surface area contributed by atoms with Gasteiger partial charge in [-0.25, -0.2) is 0 Å². The van der Waals surface area contributed by atoms with Gasteiger partial charge in [-0.05, 0) is 35.2 Å². The molecule has 0 atom stereocenters. The summed E-state index contributed by atoms with van der Waals surface area (Å²) in [5, 5.41) is 12.4. The number of aromatic nitrogens is 1. The average molecular weight is 305 g/mol. The molecule has 0 bridgehead atoms.